The summed E-state index contributed by atoms with van der Waals surface area (Å²) in [7, 11) is 0. The lowest BCUT2D eigenvalue weighted by Gasteiger charge is -2.29. The van der Waals surface area contributed by atoms with Crippen LogP contribution in [0.25, 0.3) is 0 Å². The molecule has 1 saturated carbocycles. The SMILES string of the molecule is C=C(C)/C(F)=C(/F)C(=C)CCc1ccc(C2CCC(c3ccc(O)c(F)c3F)CC2)c(F)c1F. The van der Waals surface area contributed by atoms with Crippen molar-refractivity contribution < 1.29 is 31.4 Å². The normalized spacial score (nSPS) is 19.0. The van der Waals surface area contributed by atoms with Gasteiger partial charge in [0.2, 0.25) is 5.82 Å². The molecule has 0 bridgehead atoms. The summed E-state index contributed by atoms with van der Waals surface area (Å²) in [6, 6.07) is 5.38. The van der Waals surface area contributed by atoms with Crippen molar-refractivity contribution in [3.05, 3.63) is 100 Å². The van der Waals surface area contributed by atoms with E-state index in [2.05, 4.69) is 13.2 Å². The highest BCUT2D eigenvalue weighted by Gasteiger charge is 2.29. The molecule has 0 atom stereocenters. The minimum atomic E-state index is -1.29. The van der Waals surface area contributed by atoms with Gasteiger partial charge >= 0.3 is 0 Å². The van der Waals surface area contributed by atoms with Gasteiger partial charge in [0.1, 0.15) is 0 Å². The van der Waals surface area contributed by atoms with E-state index in [1.54, 1.807) is 0 Å². The number of phenols is 1. The van der Waals surface area contributed by atoms with Crippen molar-refractivity contribution in [2.24, 2.45) is 0 Å². The highest BCUT2D eigenvalue weighted by atomic mass is 19.2. The first-order valence-electron chi connectivity index (χ1n) is 11.1. The third-order valence-corrected chi connectivity index (χ3v) is 6.46. The average Bonchev–Trinajstić information content (AvgIpc) is 2.82. The van der Waals surface area contributed by atoms with Gasteiger partial charge in [-0.15, -0.1) is 0 Å². The molecule has 0 amide bonds. The van der Waals surface area contributed by atoms with E-state index in [4.69, 9.17) is 0 Å². The number of rotatable bonds is 7. The van der Waals surface area contributed by atoms with Gasteiger partial charge in [0, 0.05) is 0 Å². The standard InChI is InChI=1S/C27H26F6O/c1-14(2)22(28)23(29)15(3)4-5-18-10-11-19(25(31)24(18)30)16-6-8-17(9-7-16)20-12-13-21(34)27(33)26(20)32/h10-13,16-17,34H,1,3-9H2,2H3/b23-22-. The number of benzene rings is 2. The van der Waals surface area contributed by atoms with E-state index in [1.807, 2.05) is 0 Å². The monoisotopic (exact) mass is 480 g/mol. The molecule has 0 saturated heterocycles. The Kier molecular flexibility index (Phi) is 7.95. The van der Waals surface area contributed by atoms with E-state index in [0.29, 0.717) is 25.7 Å². The summed E-state index contributed by atoms with van der Waals surface area (Å²) in [6.45, 7) is 8.10. The number of hydrogen-bond donors (Lipinski definition) is 1. The molecular formula is C27H26F6O. The molecule has 0 aromatic heterocycles. The van der Waals surface area contributed by atoms with Gasteiger partial charge in [0.05, 0.1) is 0 Å². The van der Waals surface area contributed by atoms with Crippen molar-refractivity contribution in [3.8, 4) is 5.75 Å². The van der Waals surface area contributed by atoms with Crippen LogP contribution in [0.2, 0.25) is 0 Å². The maximum Gasteiger partial charge on any atom is 0.200 e. The molecule has 2 aromatic carbocycles. The van der Waals surface area contributed by atoms with Crippen LogP contribution in [0.1, 0.15) is 67.6 Å². The van der Waals surface area contributed by atoms with Gasteiger partial charge in [-0.2, -0.15) is 4.39 Å². The maximum absolute atomic E-state index is 14.9. The van der Waals surface area contributed by atoms with Crippen molar-refractivity contribution in [1.82, 2.24) is 0 Å². The first-order valence-corrected chi connectivity index (χ1v) is 11.1. The third-order valence-electron chi connectivity index (χ3n) is 6.46. The molecule has 1 nitrogen and oxygen atoms in total. The Morgan fingerprint density at radius 1 is 0.794 bits per heavy atom. The Balaban J connectivity index is 1.68. The molecule has 0 radical (unpaired) electrons. The minimum Gasteiger partial charge on any atom is -0.505 e. The molecule has 2 aromatic rings. The topological polar surface area (TPSA) is 20.2 Å². The Morgan fingerprint density at radius 2 is 1.29 bits per heavy atom. The Morgan fingerprint density at radius 3 is 1.82 bits per heavy atom. The Labute approximate surface area is 195 Å². The molecule has 1 fully saturated rings. The maximum atomic E-state index is 14.9. The molecule has 0 heterocycles. The van der Waals surface area contributed by atoms with Gasteiger partial charge in [-0.1, -0.05) is 31.4 Å². The van der Waals surface area contributed by atoms with Gasteiger partial charge < -0.3 is 5.11 Å². The molecule has 34 heavy (non-hydrogen) atoms. The van der Waals surface area contributed by atoms with Crippen molar-refractivity contribution in [2.75, 3.05) is 0 Å². The fraction of sp³-hybridized carbons (Fsp3) is 0.333. The lowest BCUT2D eigenvalue weighted by atomic mass is 9.75. The molecule has 7 heteroatoms. The van der Waals surface area contributed by atoms with Crippen LogP contribution < -0.4 is 0 Å². The van der Waals surface area contributed by atoms with E-state index >= 15 is 0 Å². The number of aryl methyl sites for hydroxylation is 1. The number of allylic oxidation sites excluding steroid dienone is 4. The summed E-state index contributed by atoms with van der Waals surface area (Å²) in [5.41, 5.74) is 0.144. The summed E-state index contributed by atoms with van der Waals surface area (Å²) in [5, 5.41) is 9.30. The summed E-state index contributed by atoms with van der Waals surface area (Å²) < 4.78 is 85.1. The molecule has 1 aliphatic carbocycles. The molecule has 1 aliphatic rings. The predicted octanol–water partition coefficient (Wildman–Crippen LogP) is 8.61. The van der Waals surface area contributed by atoms with Crippen LogP contribution in [-0.2, 0) is 6.42 Å². The second kappa shape index (κ2) is 10.5. The fourth-order valence-corrected chi connectivity index (χ4v) is 4.44. The predicted molar refractivity (Wildman–Crippen MR) is 120 cm³/mol. The van der Waals surface area contributed by atoms with Crippen molar-refractivity contribution in [3.63, 3.8) is 0 Å². The molecule has 182 valence electrons. The lowest BCUT2D eigenvalue weighted by molar-refractivity contribution is 0.362. The van der Waals surface area contributed by atoms with Gasteiger partial charge in [-0.25, -0.2) is 22.0 Å². The van der Waals surface area contributed by atoms with Crippen LogP contribution in [0.5, 0.6) is 5.75 Å². The minimum absolute atomic E-state index is 0.0289. The summed E-state index contributed by atoms with van der Waals surface area (Å²) >= 11 is 0. The first kappa shape index (κ1) is 25.7. The zero-order valence-electron chi connectivity index (χ0n) is 18.8. The van der Waals surface area contributed by atoms with Gasteiger partial charge in [-0.3, -0.25) is 0 Å². The Bertz CT molecular complexity index is 1140. The second-order valence-corrected chi connectivity index (χ2v) is 8.80. The first-order chi connectivity index (χ1) is 16.0. The van der Waals surface area contributed by atoms with Crippen molar-refractivity contribution in [1.29, 1.82) is 0 Å². The summed E-state index contributed by atoms with van der Waals surface area (Å²) in [4.78, 5) is 0. The number of phenolic OH excluding ortho intramolecular Hbond substituents is 1. The van der Waals surface area contributed by atoms with Crippen LogP contribution in [-0.4, -0.2) is 5.11 Å². The van der Waals surface area contributed by atoms with Crippen LogP contribution in [0.4, 0.5) is 26.3 Å². The number of aromatic hydroxyl groups is 1. The second-order valence-electron chi connectivity index (χ2n) is 8.80. The van der Waals surface area contributed by atoms with Crippen LogP contribution in [0.3, 0.4) is 0 Å². The fourth-order valence-electron chi connectivity index (χ4n) is 4.44. The van der Waals surface area contributed by atoms with Crippen LogP contribution in [0, 0.1) is 23.3 Å². The van der Waals surface area contributed by atoms with Crippen LogP contribution >= 0.6 is 0 Å². The van der Waals surface area contributed by atoms with E-state index in [9.17, 15) is 31.4 Å². The summed E-state index contributed by atoms with van der Waals surface area (Å²) in [5.74, 6) is -7.98. The highest BCUT2D eigenvalue weighted by Crippen LogP contribution is 2.43. The largest absolute Gasteiger partial charge is 0.505 e. The van der Waals surface area contributed by atoms with Gasteiger partial charge in [-0.05, 0) is 91.2 Å². The molecule has 1 N–H and O–H groups in total. The van der Waals surface area contributed by atoms with E-state index in [0.717, 1.165) is 6.07 Å². The molecular weight excluding hydrogens is 454 g/mol. The molecule has 3 rings (SSSR count). The van der Waals surface area contributed by atoms with Crippen molar-refractivity contribution in [2.45, 2.75) is 57.3 Å². The average molecular weight is 480 g/mol. The number of halogens is 6. The molecule has 0 aliphatic heterocycles. The van der Waals surface area contributed by atoms with E-state index < -0.39 is 40.7 Å². The lowest BCUT2D eigenvalue weighted by Crippen LogP contribution is -2.15. The Hall–Kier alpha value is -2.96. The zero-order valence-corrected chi connectivity index (χ0v) is 18.8. The third kappa shape index (κ3) is 5.24. The van der Waals surface area contributed by atoms with Crippen LogP contribution in [0.15, 0.2) is 60.2 Å². The van der Waals surface area contributed by atoms with Gasteiger partial charge in [0.15, 0.2) is 34.9 Å². The quantitative estimate of drug-likeness (QED) is 0.311. The van der Waals surface area contributed by atoms with Gasteiger partial charge in [0.25, 0.3) is 0 Å². The number of hydrogen-bond acceptors (Lipinski definition) is 1. The highest BCUT2D eigenvalue weighted by molar-refractivity contribution is 5.36. The zero-order chi connectivity index (χ0) is 25.2. The molecule has 0 spiro atoms. The van der Waals surface area contributed by atoms with E-state index in [1.165, 1.54) is 25.1 Å². The smallest absolute Gasteiger partial charge is 0.200 e. The summed E-state index contributed by atoms with van der Waals surface area (Å²) in [6.07, 6.45) is 1.66. The van der Waals surface area contributed by atoms with E-state index in [-0.39, 0.29) is 52.5 Å². The molecule has 0 unspecified atom stereocenters. The van der Waals surface area contributed by atoms with Crippen molar-refractivity contribution >= 4 is 0 Å².